The Hall–Kier alpha value is -3.19. The SMILES string of the molecule is Cn1cc(-c2cc(S(=N)(=O)C(C)(C)C#N)ccc2OC2CCC(F)(F)CC2)c2cc[nH]c2c1=O. The number of halogens is 2. The first-order chi connectivity index (χ1) is 15.9. The number of nitriles is 1. The van der Waals surface area contributed by atoms with E-state index in [1.165, 1.54) is 24.5 Å². The van der Waals surface area contributed by atoms with Crippen LogP contribution in [0.3, 0.4) is 0 Å². The molecule has 1 aliphatic rings. The highest BCUT2D eigenvalue weighted by atomic mass is 32.2. The van der Waals surface area contributed by atoms with Gasteiger partial charge in [0.2, 0.25) is 5.92 Å². The molecule has 2 heterocycles. The lowest BCUT2D eigenvalue weighted by molar-refractivity contribution is -0.0581. The molecule has 0 amide bonds. The number of hydrogen-bond acceptors (Lipinski definition) is 5. The zero-order valence-corrected chi connectivity index (χ0v) is 20.0. The van der Waals surface area contributed by atoms with Crippen LogP contribution in [-0.2, 0) is 16.8 Å². The summed E-state index contributed by atoms with van der Waals surface area (Å²) in [4.78, 5) is 15.6. The predicted octanol–water partition coefficient (Wildman–Crippen LogP) is 5.20. The second-order valence-corrected chi connectivity index (χ2v) is 11.8. The number of H-pyrrole nitrogens is 1. The number of aromatic nitrogens is 2. The van der Waals surface area contributed by atoms with Gasteiger partial charge in [-0.1, -0.05) is 0 Å². The van der Waals surface area contributed by atoms with Gasteiger partial charge in [0, 0.05) is 53.7 Å². The maximum atomic E-state index is 13.6. The number of aryl methyl sites for hydroxylation is 1. The summed E-state index contributed by atoms with van der Waals surface area (Å²) < 4.78 is 55.3. The topological polar surface area (TPSA) is 112 Å². The molecule has 1 saturated carbocycles. The number of hydrogen-bond donors (Lipinski definition) is 2. The lowest BCUT2D eigenvalue weighted by Gasteiger charge is -2.29. The van der Waals surface area contributed by atoms with Crippen LogP contribution in [0, 0.1) is 16.1 Å². The highest BCUT2D eigenvalue weighted by molar-refractivity contribution is 7.94. The number of fused-ring (bicyclic) bond motifs is 1. The molecular formula is C24H26F2N4O3S. The Balaban J connectivity index is 1.89. The Labute approximate surface area is 196 Å². The van der Waals surface area contributed by atoms with Crippen molar-refractivity contribution in [3.05, 3.63) is 47.0 Å². The lowest BCUT2D eigenvalue weighted by atomic mass is 9.94. The van der Waals surface area contributed by atoms with Gasteiger partial charge in [0.25, 0.3) is 5.56 Å². The number of pyridine rings is 1. The third-order valence-corrected chi connectivity index (χ3v) is 8.86. The van der Waals surface area contributed by atoms with Crippen molar-refractivity contribution in [2.24, 2.45) is 7.05 Å². The molecule has 0 aliphatic heterocycles. The Bertz CT molecular complexity index is 1460. The van der Waals surface area contributed by atoms with Crippen LogP contribution in [0.2, 0.25) is 0 Å². The highest BCUT2D eigenvalue weighted by Crippen LogP contribution is 2.40. The van der Waals surface area contributed by atoms with Gasteiger partial charge in [-0.2, -0.15) is 5.26 Å². The summed E-state index contributed by atoms with van der Waals surface area (Å²) in [7, 11) is -1.93. The summed E-state index contributed by atoms with van der Waals surface area (Å²) in [5.74, 6) is -2.31. The molecule has 0 radical (unpaired) electrons. The predicted molar refractivity (Wildman–Crippen MR) is 126 cm³/mol. The minimum atomic E-state index is -3.53. The number of rotatable bonds is 5. The second-order valence-electron chi connectivity index (χ2n) is 9.23. The zero-order valence-electron chi connectivity index (χ0n) is 19.2. The normalized spacial score (nSPS) is 18.4. The number of alkyl halides is 2. The summed E-state index contributed by atoms with van der Waals surface area (Å²) in [6.45, 7) is 2.90. The van der Waals surface area contributed by atoms with E-state index in [4.69, 9.17) is 9.52 Å². The van der Waals surface area contributed by atoms with Crippen LogP contribution in [0.4, 0.5) is 8.78 Å². The molecule has 1 unspecified atom stereocenters. The number of aromatic amines is 1. The summed E-state index contributed by atoms with van der Waals surface area (Å²) in [5.41, 5.74) is 1.22. The lowest BCUT2D eigenvalue weighted by Crippen LogP contribution is -2.31. The monoisotopic (exact) mass is 488 g/mol. The van der Waals surface area contributed by atoms with Crippen molar-refractivity contribution in [1.82, 2.24) is 9.55 Å². The van der Waals surface area contributed by atoms with Crippen LogP contribution in [0.25, 0.3) is 22.0 Å². The van der Waals surface area contributed by atoms with Gasteiger partial charge in [-0.25, -0.2) is 17.8 Å². The van der Waals surface area contributed by atoms with Crippen LogP contribution in [0.5, 0.6) is 5.75 Å². The van der Waals surface area contributed by atoms with Crippen LogP contribution >= 0.6 is 0 Å². The minimum absolute atomic E-state index is 0.147. The summed E-state index contributed by atoms with van der Waals surface area (Å²) in [6.07, 6.45) is 2.70. The molecule has 1 aromatic carbocycles. The Kier molecular flexibility index (Phi) is 5.80. The summed E-state index contributed by atoms with van der Waals surface area (Å²) >= 11 is 0. The molecule has 10 heteroatoms. The van der Waals surface area contributed by atoms with Gasteiger partial charge >= 0.3 is 0 Å². The fourth-order valence-corrected chi connectivity index (χ4v) is 5.42. The molecule has 180 valence electrons. The Morgan fingerprint density at radius 2 is 1.94 bits per heavy atom. The molecule has 0 saturated heterocycles. The van der Waals surface area contributed by atoms with E-state index in [1.807, 2.05) is 6.07 Å². The van der Waals surface area contributed by atoms with Crippen LogP contribution < -0.4 is 10.3 Å². The van der Waals surface area contributed by atoms with Crippen molar-refractivity contribution in [2.45, 2.75) is 61.2 Å². The van der Waals surface area contributed by atoms with Crippen molar-refractivity contribution in [2.75, 3.05) is 0 Å². The molecule has 34 heavy (non-hydrogen) atoms. The molecule has 2 N–H and O–H groups in total. The van der Waals surface area contributed by atoms with E-state index < -0.39 is 26.5 Å². The molecule has 1 atom stereocenters. The maximum absolute atomic E-state index is 13.6. The van der Waals surface area contributed by atoms with Gasteiger partial charge in [0.15, 0.2) is 0 Å². The molecule has 7 nitrogen and oxygen atoms in total. The van der Waals surface area contributed by atoms with Crippen molar-refractivity contribution in [3.63, 3.8) is 0 Å². The van der Waals surface area contributed by atoms with E-state index in [-0.39, 0.29) is 36.1 Å². The van der Waals surface area contributed by atoms with Gasteiger partial charge in [-0.15, -0.1) is 0 Å². The van der Waals surface area contributed by atoms with Crippen LogP contribution in [0.1, 0.15) is 39.5 Å². The summed E-state index contributed by atoms with van der Waals surface area (Å²) in [6, 6.07) is 8.30. The number of nitrogens with zero attached hydrogens (tertiary/aromatic N) is 2. The maximum Gasteiger partial charge on any atom is 0.274 e. The average Bonchev–Trinajstić information content (AvgIpc) is 3.28. The minimum Gasteiger partial charge on any atom is -0.490 e. The van der Waals surface area contributed by atoms with Gasteiger partial charge in [-0.3, -0.25) is 4.79 Å². The van der Waals surface area contributed by atoms with Crippen LogP contribution in [0.15, 0.2) is 46.3 Å². The zero-order chi connectivity index (χ0) is 24.9. The van der Waals surface area contributed by atoms with Gasteiger partial charge in [0.05, 0.1) is 21.9 Å². The third-order valence-electron chi connectivity index (χ3n) is 6.41. The van der Waals surface area contributed by atoms with E-state index in [0.717, 1.165) is 0 Å². The Morgan fingerprint density at radius 1 is 1.26 bits per heavy atom. The first-order valence-corrected chi connectivity index (χ1v) is 12.5. The number of ether oxygens (including phenoxy) is 1. The number of benzene rings is 1. The Morgan fingerprint density at radius 3 is 2.59 bits per heavy atom. The molecule has 3 aromatic rings. The second kappa shape index (κ2) is 8.24. The first-order valence-electron chi connectivity index (χ1n) is 10.9. The quantitative estimate of drug-likeness (QED) is 0.514. The van der Waals surface area contributed by atoms with Crippen molar-refractivity contribution >= 4 is 20.6 Å². The average molecular weight is 489 g/mol. The largest absolute Gasteiger partial charge is 0.490 e. The molecule has 1 fully saturated rings. The van der Waals surface area contributed by atoms with E-state index in [0.29, 0.717) is 27.8 Å². The number of nitrogens with one attached hydrogen (secondary N) is 2. The summed E-state index contributed by atoms with van der Waals surface area (Å²) in [5, 5.41) is 10.1. The van der Waals surface area contributed by atoms with Gasteiger partial charge in [0.1, 0.15) is 16.0 Å². The van der Waals surface area contributed by atoms with E-state index in [2.05, 4.69) is 4.98 Å². The molecular weight excluding hydrogens is 462 g/mol. The third kappa shape index (κ3) is 4.09. The van der Waals surface area contributed by atoms with Crippen molar-refractivity contribution < 1.29 is 17.7 Å². The highest BCUT2D eigenvalue weighted by Gasteiger charge is 2.37. The van der Waals surface area contributed by atoms with E-state index >= 15 is 0 Å². The fourth-order valence-electron chi connectivity index (χ4n) is 4.15. The van der Waals surface area contributed by atoms with Gasteiger partial charge in [-0.05, 0) is 51.0 Å². The molecule has 0 bridgehead atoms. The van der Waals surface area contributed by atoms with Gasteiger partial charge < -0.3 is 14.3 Å². The molecule has 0 spiro atoms. The molecule has 2 aromatic heterocycles. The fraction of sp³-hybridized carbons (Fsp3) is 0.417. The van der Waals surface area contributed by atoms with Crippen molar-refractivity contribution in [3.8, 4) is 22.9 Å². The first kappa shape index (κ1) is 24.0. The van der Waals surface area contributed by atoms with E-state index in [1.54, 1.807) is 37.6 Å². The smallest absolute Gasteiger partial charge is 0.274 e. The molecule has 4 rings (SSSR count). The molecule has 1 aliphatic carbocycles. The van der Waals surface area contributed by atoms with E-state index in [9.17, 15) is 23.0 Å². The van der Waals surface area contributed by atoms with Crippen molar-refractivity contribution in [1.29, 1.82) is 10.0 Å². The van der Waals surface area contributed by atoms with Crippen LogP contribution in [-0.4, -0.2) is 30.5 Å². The standard InChI is InChI=1S/C24H26F2N4O3S/c1-23(2,14-27)34(28,32)16-4-5-20(33-15-6-9-24(25,26)10-7-15)18(12-16)19-13-30(3)22(31)21-17(19)8-11-29-21/h4-5,8,11-13,15,28-29H,6-7,9-10H2,1-3H3.